The number of hydrogen-bond acceptors (Lipinski definition) is 5. The molecule has 28 heavy (non-hydrogen) atoms. The van der Waals surface area contributed by atoms with Crippen molar-refractivity contribution in [1.29, 1.82) is 0 Å². The number of imide groups is 1. The Bertz CT molecular complexity index is 986. The number of carbonyl (C=O) groups excluding carboxylic acids is 3. The summed E-state index contributed by atoms with van der Waals surface area (Å²) in [6, 6.07) is 15.5. The molecule has 2 aromatic carbocycles. The van der Waals surface area contributed by atoms with Gasteiger partial charge in [-0.15, -0.1) is 11.3 Å². The van der Waals surface area contributed by atoms with Crippen molar-refractivity contribution in [3.63, 3.8) is 0 Å². The van der Waals surface area contributed by atoms with Gasteiger partial charge in [-0.05, 0) is 17.7 Å². The topological polar surface area (TPSA) is 91.4 Å². The number of carbonyl (C=O) groups is 3. The Morgan fingerprint density at radius 3 is 2.25 bits per heavy atom. The molecule has 1 aromatic heterocycles. The van der Waals surface area contributed by atoms with Gasteiger partial charge in [0, 0.05) is 18.0 Å². The highest BCUT2D eigenvalue weighted by atomic mass is 32.1. The van der Waals surface area contributed by atoms with Gasteiger partial charge >= 0.3 is 6.03 Å². The molecule has 1 unspecified atom stereocenters. The summed E-state index contributed by atoms with van der Waals surface area (Å²) < 4.78 is 0. The number of fused-ring (bicyclic) bond motifs is 1. The van der Waals surface area contributed by atoms with Crippen molar-refractivity contribution in [2.45, 2.75) is 12.6 Å². The molecule has 0 aliphatic carbocycles. The van der Waals surface area contributed by atoms with E-state index in [4.69, 9.17) is 0 Å². The molecule has 2 N–H and O–H groups in total. The SMILES string of the molecule is O=C(Nc1nccs1)NC(Cc1ccccc1)N1C(=O)c2ccccc2C1=O. The summed E-state index contributed by atoms with van der Waals surface area (Å²) in [4.78, 5) is 43.3. The number of hydrogen-bond donors (Lipinski definition) is 2. The van der Waals surface area contributed by atoms with E-state index in [0.29, 0.717) is 16.3 Å². The van der Waals surface area contributed by atoms with Crippen molar-refractivity contribution in [3.05, 3.63) is 82.9 Å². The van der Waals surface area contributed by atoms with Crippen LogP contribution in [0.5, 0.6) is 0 Å². The van der Waals surface area contributed by atoms with Gasteiger partial charge in [-0.1, -0.05) is 42.5 Å². The van der Waals surface area contributed by atoms with E-state index in [2.05, 4.69) is 15.6 Å². The normalized spacial score (nSPS) is 13.9. The number of nitrogens with zero attached hydrogens (tertiary/aromatic N) is 2. The summed E-state index contributed by atoms with van der Waals surface area (Å²) in [5.74, 6) is -0.841. The lowest BCUT2D eigenvalue weighted by atomic mass is 10.1. The Kier molecular flexibility index (Phi) is 4.86. The first-order valence-electron chi connectivity index (χ1n) is 8.61. The smallest absolute Gasteiger partial charge is 0.317 e. The molecule has 7 nitrogen and oxygen atoms in total. The third-order valence-electron chi connectivity index (χ3n) is 4.36. The van der Waals surface area contributed by atoms with Crippen molar-refractivity contribution >= 4 is 34.3 Å². The third-order valence-corrected chi connectivity index (χ3v) is 5.05. The molecule has 4 rings (SSSR count). The van der Waals surface area contributed by atoms with Gasteiger partial charge in [0.1, 0.15) is 6.17 Å². The highest BCUT2D eigenvalue weighted by Gasteiger charge is 2.40. The fourth-order valence-electron chi connectivity index (χ4n) is 3.10. The van der Waals surface area contributed by atoms with E-state index in [1.807, 2.05) is 30.3 Å². The van der Waals surface area contributed by atoms with Gasteiger partial charge in [0.15, 0.2) is 5.13 Å². The van der Waals surface area contributed by atoms with E-state index in [9.17, 15) is 14.4 Å². The van der Waals surface area contributed by atoms with E-state index < -0.39 is 24.0 Å². The largest absolute Gasteiger partial charge is 0.322 e. The molecule has 1 atom stereocenters. The Labute approximate surface area is 165 Å². The van der Waals surface area contributed by atoms with Gasteiger partial charge in [0.05, 0.1) is 11.1 Å². The van der Waals surface area contributed by atoms with Crippen LogP contribution in [0.4, 0.5) is 9.93 Å². The minimum absolute atomic E-state index is 0.289. The summed E-state index contributed by atoms with van der Waals surface area (Å²) in [5.41, 5.74) is 1.57. The Balaban J connectivity index is 1.60. The van der Waals surface area contributed by atoms with Crippen molar-refractivity contribution in [1.82, 2.24) is 15.2 Å². The lowest BCUT2D eigenvalue weighted by Gasteiger charge is -2.27. The van der Waals surface area contributed by atoms with Crippen LogP contribution in [0.15, 0.2) is 66.2 Å². The minimum atomic E-state index is -0.838. The quantitative estimate of drug-likeness (QED) is 0.653. The number of amides is 4. The van der Waals surface area contributed by atoms with Crippen LogP contribution < -0.4 is 10.6 Å². The van der Waals surface area contributed by atoms with Gasteiger partial charge < -0.3 is 5.32 Å². The van der Waals surface area contributed by atoms with E-state index in [1.54, 1.807) is 35.8 Å². The molecule has 0 saturated carbocycles. The van der Waals surface area contributed by atoms with E-state index in [-0.39, 0.29) is 6.42 Å². The average molecular weight is 392 g/mol. The lowest BCUT2D eigenvalue weighted by Crippen LogP contribution is -2.53. The number of thiazole rings is 1. The summed E-state index contributed by atoms with van der Waals surface area (Å²) in [6.45, 7) is 0. The molecule has 0 bridgehead atoms. The second-order valence-corrected chi connectivity index (χ2v) is 7.06. The summed E-state index contributed by atoms with van der Waals surface area (Å²) >= 11 is 1.27. The molecule has 1 aliphatic rings. The predicted molar refractivity (Wildman–Crippen MR) is 105 cm³/mol. The Hall–Kier alpha value is -3.52. The first-order valence-corrected chi connectivity index (χ1v) is 9.49. The lowest BCUT2D eigenvalue weighted by molar-refractivity contribution is 0.0565. The molecular formula is C20H16N4O3S. The molecule has 0 fully saturated rings. The fourth-order valence-corrected chi connectivity index (χ4v) is 3.63. The standard InChI is InChI=1S/C20H16N4O3S/c25-17-14-8-4-5-9-15(14)18(26)24(17)16(12-13-6-2-1-3-7-13)22-19(27)23-20-21-10-11-28-20/h1-11,16H,12H2,(H2,21,22,23,27). The first kappa shape index (κ1) is 17.9. The van der Waals surface area contributed by atoms with Gasteiger partial charge in [-0.3, -0.25) is 19.8 Å². The Morgan fingerprint density at radius 2 is 1.64 bits per heavy atom. The predicted octanol–water partition coefficient (Wildman–Crippen LogP) is 3.13. The number of benzene rings is 2. The van der Waals surface area contributed by atoms with Crippen LogP contribution in [0.2, 0.25) is 0 Å². The van der Waals surface area contributed by atoms with Crippen LogP contribution >= 0.6 is 11.3 Å². The van der Waals surface area contributed by atoms with E-state index in [1.165, 1.54) is 11.3 Å². The van der Waals surface area contributed by atoms with Crippen molar-refractivity contribution in [2.24, 2.45) is 0 Å². The van der Waals surface area contributed by atoms with Crippen LogP contribution in [-0.4, -0.2) is 33.9 Å². The van der Waals surface area contributed by atoms with Crippen molar-refractivity contribution in [2.75, 3.05) is 5.32 Å². The highest BCUT2D eigenvalue weighted by Crippen LogP contribution is 2.25. The molecule has 4 amide bonds. The molecular weight excluding hydrogens is 376 g/mol. The summed E-state index contributed by atoms with van der Waals surface area (Å²) in [7, 11) is 0. The summed E-state index contributed by atoms with van der Waals surface area (Å²) in [6.07, 6.45) is 1.03. The van der Waals surface area contributed by atoms with Crippen LogP contribution in [-0.2, 0) is 6.42 Å². The first-order chi connectivity index (χ1) is 13.6. The number of rotatable bonds is 5. The number of nitrogens with one attached hydrogen (secondary N) is 2. The molecule has 0 saturated heterocycles. The molecule has 3 aromatic rings. The molecule has 1 aliphatic heterocycles. The van der Waals surface area contributed by atoms with E-state index in [0.717, 1.165) is 10.5 Å². The van der Waals surface area contributed by atoms with Crippen molar-refractivity contribution in [3.8, 4) is 0 Å². The van der Waals surface area contributed by atoms with Crippen LogP contribution in [0.25, 0.3) is 0 Å². The third kappa shape index (κ3) is 3.49. The monoisotopic (exact) mass is 392 g/mol. The number of aromatic nitrogens is 1. The van der Waals surface area contributed by atoms with Crippen LogP contribution in [0.3, 0.4) is 0 Å². The van der Waals surface area contributed by atoms with Gasteiger partial charge in [0.25, 0.3) is 11.8 Å². The van der Waals surface area contributed by atoms with Gasteiger partial charge in [-0.25, -0.2) is 9.78 Å². The Morgan fingerprint density at radius 1 is 1.00 bits per heavy atom. The minimum Gasteiger partial charge on any atom is -0.317 e. The maximum absolute atomic E-state index is 12.9. The maximum Gasteiger partial charge on any atom is 0.322 e. The van der Waals surface area contributed by atoms with Gasteiger partial charge in [0.2, 0.25) is 0 Å². The summed E-state index contributed by atoms with van der Waals surface area (Å²) in [5, 5.41) is 7.53. The van der Waals surface area contributed by atoms with Crippen LogP contribution in [0, 0.1) is 0 Å². The molecule has 8 heteroatoms. The average Bonchev–Trinajstić information content (AvgIpc) is 3.29. The van der Waals surface area contributed by atoms with Crippen LogP contribution in [0.1, 0.15) is 26.3 Å². The highest BCUT2D eigenvalue weighted by molar-refractivity contribution is 7.13. The molecule has 0 radical (unpaired) electrons. The molecule has 140 valence electrons. The number of urea groups is 1. The van der Waals surface area contributed by atoms with Crippen molar-refractivity contribution < 1.29 is 14.4 Å². The molecule has 0 spiro atoms. The maximum atomic E-state index is 12.9. The zero-order valence-corrected chi connectivity index (χ0v) is 15.5. The zero-order chi connectivity index (χ0) is 19.5. The zero-order valence-electron chi connectivity index (χ0n) is 14.7. The van der Waals surface area contributed by atoms with E-state index >= 15 is 0 Å². The van der Waals surface area contributed by atoms with Gasteiger partial charge in [-0.2, -0.15) is 0 Å². The number of anilines is 1. The second kappa shape index (κ2) is 7.61. The second-order valence-electron chi connectivity index (χ2n) is 6.17. The fraction of sp³-hybridized carbons (Fsp3) is 0.100. The molecule has 2 heterocycles.